The summed E-state index contributed by atoms with van der Waals surface area (Å²) in [5.41, 5.74) is 46.0. The van der Waals surface area contributed by atoms with Gasteiger partial charge in [0.15, 0.2) is 5.96 Å². The average Bonchev–Trinajstić information content (AvgIpc) is 2.68. The van der Waals surface area contributed by atoms with Gasteiger partial charge in [0.25, 0.3) is 23.6 Å². The summed E-state index contributed by atoms with van der Waals surface area (Å²) in [5.74, 6) is -6.22. The molecule has 4 rings (SSSR count). The summed E-state index contributed by atoms with van der Waals surface area (Å²) in [5, 5.41) is 21.7. The number of methoxy groups -OCH3 is 4. The van der Waals surface area contributed by atoms with E-state index in [1.165, 1.54) is 101 Å². The maximum absolute atomic E-state index is 14.2. The second-order valence-corrected chi connectivity index (χ2v) is 19.9. The molecule has 0 saturated heterocycles. The number of primary amides is 1. The molecule has 0 bridgehead atoms. The van der Waals surface area contributed by atoms with Crippen LogP contribution in [0.15, 0.2) is 77.8 Å². The highest BCUT2D eigenvalue weighted by molar-refractivity contribution is 6.07. The lowest BCUT2D eigenvalue weighted by molar-refractivity contribution is -0.128. The fourth-order valence-electron chi connectivity index (χ4n) is 8.78. The molecule has 0 aromatic heterocycles. The number of hydrogen-bond acceptors (Lipinski definition) is 19. The van der Waals surface area contributed by atoms with Crippen molar-refractivity contribution in [2.75, 3.05) is 82.4 Å². The van der Waals surface area contributed by atoms with Gasteiger partial charge in [-0.05, 0) is 163 Å². The molecular formula is C58H83N17O13. The molecular weight excluding hydrogens is 1140 g/mol. The SMILES string of the molecule is COc1ccc(NC(=O)[C@@H](CCCN)NC(=O)[C@@H](CCCN)NC(=O)c2cc(NC(=O)[C@@H](CCCN)NC(=O)c3cc(NC(=O)[C@@H](CCCN=C(N)N)NC(=O)c4cc(NC(=O)[C@H](N)CCCN)ccc4OC)ccc3OC)ccc2OC)cc1C(N)=O. The van der Waals surface area contributed by atoms with Crippen LogP contribution in [0.5, 0.6) is 23.0 Å². The summed E-state index contributed by atoms with van der Waals surface area (Å²) >= 11 is 0. The normalized spacial score (nSPS) is 12.5. The molecule has 0 spiro atoms. The van der Waals surface area contributed by atoms with Crippen molar-refractivity contribution in [1.82, 2.24) is 21.3 Å². The Kier molecular flexibility index (Phi) is 29.3. The predicted octanol–water partition coefficient (Wildman–Crippen LogP) is -0.209. The van der Waals surface area contributed by atoms with E-state index in [1.807, 2.05) is 0 Å². The number of benzene rings is 4. The van der Waals surface area contributed by atoms with Gasteiger partial charge in [0.05, 0.1) is 56.7 Å². The van der Waals surface area contributed by atoms with Crippen LogP contribution >= 0.6 is 0 Å². The van der Waals surface area contributed by atoms with Crippen LogP contribution in [0.4, 0.5) is 22.7 Å². The first-order valence-electron chi connectivity index (χ1n) is 28.3. The van der Waals surface area contributed by atoms with Crippen molar-refractivity contribution in [3.63, 3.8) is 0 Å². The molecule has 478 valence electrons. The van der Waals surface area contributed by atoms with Crippen molar-refractivity contribution in [3.05, 3.63) is 95.1 Å². The number of nitrogens with one attached hydrogen (secondary N) is 8. The van der Waals surface area contributed by atoms with Crippen molar-refractivity contribution in [1.29, 1.82) is 0 Å². The zero-order valence-electron chi connectivity index (χ0n) is 49.8. The minimum atomic E-state index is -1.25. The van der Waals surface area contributed by atoms with Crippen molar-refractivity contribution >= 4 is 81.9 Å². The molecule has 0 radical (unpaired) electrons. The molecule has 0 saturated carbocycles. The largest absolute Gasteiger partial charge is 0.496 e. The second-order valence-electron chi connectivity index (χ2n) is 19.9. The standard InChI is InChI=1S/C58H83N17O13/c1-85-45-19-15-32(28-36(45)49(64)76)69-55(82)42(12-7-25-61)75-57(84)43(13-8-26-62)73-51(78)39-30-34(17-21-48(39)88-4)70-54(81)41(11-6-24-60)72-50(77)38-31-35(18-22-47(38)87-3)71-56(83)44(14-9-27-67-58(65)66)74-52(79)37-29-33(16-20-46(37)86-2)68-53(80)40(63)10-5-23-59/h15-22,28-31,40-44H,5-14,23-27,59-63H2,1-4H3,(H2,64,76)(H,68,80)(H,69,82)(H,70,81)(H,71,83)(H,72,77)(H,73,78)(H,74,79)(H,75,84)(H4,65,66,67)/t40-,41-,42-,43-,44-/m1/s1. The van der Waals surface area contributed by atoms with E-state index < -0.39 is 83.4 Å². The van der Waals surface area contributed by atoms with Gasteiger partial charge >= 0.3 is 0 Å². The Bertz CT molecular complexity index is 3110. The first kappa shape index (κ1) is 70.9. The molecule has 0 aliphatic rings. The van der Waals surface area contributed by atoms with Crippen molar-refractivity contribution in [2.45, 2.75) is 94.4 Å². The van der Waals surface area contributed by atoms with Gasteiger partial charge in [-0.1, -0.05) is 0 Å². The quantitative estimate of drug-likeness (QED) is 0.0158. The van der Waals surface area contributed by atoms with Gasteiger partial charge in [-0.2, -0.15) is 0 Å². The summed E-state index contributed by atoms with van der Waals surface area (Å²) in [4.78, 5) is 127. The van der Waals surface area contributed by atoms with Crippen LogP contribution < -0.4 is 107 Å². The monoisotopic (exact) mass is 1230 g/mol. The molecule has 24 N–H and O–H groups in total. The lowest BCUT2D eigenvalue weighted by Gasteiger charge is -2.24. The van der Waals surface area contributed by atoms with Crippen LogP contribution in [0.1, 0.15) is 106 Å². The first-order chi connectivity index (χ1) is 42.1. The van der Waals surface area contributed by atoms with E-state index in [1.54, 1.807) is 0 Å². The lowest BCUT2D eigenvalue weighted by atomic mass is 10.1. The van der Waals surface area contributed by atoms with Gasteiger partial charge in [-0.3, -0.25) is 48.1 Å². The van der Waals surface area contributed by atoms with Crippen LogP contribution in [0.25, 0.3) is 0 Å². The molecule has 0 heterocycles. The maximum atomic E-state index is 14.2. The predicted molar refractivity (Wildman–Crippen MR) is 332 cm³/mol. The molecule has 0 fully saturated rings. The van der Waals surface area contributed by atoms with E-state index in [9.17, 15) is 43.2 Å². The number of ether oxygens (including phenoxy) is 4. The van der Waals surface area contributed by atoms with E-state index in [4.69, 9.17) is 64.8 Å². The molecule has 0 unspecified atom stereocenters. The molecule has 4 aromatic rings. The number of nitrogens with two attached hydrogens (primary N) is 8. The highest BCUT2D eigenvalue weighted by Crippen LogP contribution is 2.28. The number of amides is 9. The average molecular weight is 1230 g/mol. The Morgan fingerprint density at radius 2 is 0.693 bits per heavy atom. The Balaban J connectivity index is 1.55. The Morgan fingerprint density at radius 1 is 0.398 bits per heavy atom. The zero-order chi connectivity index (χ0) is 64.9. The van der Waals surface area contributed by atoms with Crippen LogP contribution in [0, 0.1) is 0 Å². The number of nitrogens with zero attached hydrogens (tertiary/aromatic N) is 1. The fourth-order valence-corrected chi connectivity index (χ4v) is 8.78. The maximum Gasteiger partial charge on any atom is 0.255 e. The van der Waals surface area contributed by atoms with Gasteiger partial charge in [0.1, 0.15) is 47.2 Å². The number of guanidine groups is 1. The van der Waals surface area contributed by atoms with Crippen molar-refractivity contribution in [2.24, 2.45) is 50.9 Å². The Labute approximate surface area is 509 Å². The van der Waals surface area contributed by atoms with Gasteiger partial charge < -0.3 is 107 Å². The third kappa shape index (κ3) is 21.7. The molecule has 0 aliphatic carbocycles. The highest BCUT2D eigenvalue weighted by Gasteiger charge is 2.30. The minimum Gasteiger partial charge on any atom is -0.496 e. The van der Waals surface area contributed by atoms with Crippen LogP contribution in [-0.2, 0) is 24.0 Å². The Hall–Kier alpha value is -9.62. The topological polar surface area (TPSA) is 507 Å². The molecule has 0 aliphatic heterocycles. The van der Waals surface area contributed by atoms with Gasteiger partial charge in [0.2, 0.25) is 29.5 Å². The van der Waals surface area contributed by atoms with Crippen LogP contribution in [0.2, 0.25) is 0 Å². The summed E-state index contributed by atoms with van der Waals surface area (Å²) in [6.07, 6.45) is 2.16. The first-order valence-corrected chi connectivity index (χ1v) is 28.3. The zero-order valence-corrected chi connectivity index (χ0v) is 49.8. The van der Waals surface area contributed by atoms with E-state index in [-0.39, 0.29) is 145 Å². The van der Waals surface area contributed by atoms with Gasteiger partial charge in [-0.25, -0.2) is 0 Å². The third-order valence-corrected chi connectivity index (χ3v) is 13.5. The van der Waals surface area contributed by atoms with Crippen molar-refractivity contribution in [3.8, 4) is 23.0 Å². The van der Waals surface area contributed by atoms with Gasteiger partial charge in [-0.15, -0.1) is 0 Å². The highest BCUT2D eigenvalue weighted by atomic mass is 16.5. The van der Waals surface area contributed by atoms with Crippen LogP contribution in [-0.4, -0.2) is 150 Å². The van der Waals surface area contributed by atoms with E-state index >= 15 is 0 Å². The van der Waals surface area contributed by atoms with E-state index in [2.05, 4.69) is 47.5 Å². The smallest absolute Gasteiger partial charge is 0.255 e. The number of carbonyl (C=O) groups excluding carboxylic acids is 9. The number of carbonyl (C=O) groups is 9. The fraction of sp³-hybridized carbons (Fsp3) is 0.414. The van der Waals surface area contributed by atoms with Gasteiger partial charge in [0, 0.05) is 29.3 Å². The number of aliphatic imine (C=N–C) groups is 1. The van der Waals surface area contributed by atoms with E-state index in [0.717, 1.165) is 0 Å². The summed E-state index contributed by atoms with van der Waals surface area (Å²) in [6.45, 7) is 0.921. The minimum absolute atomic E-state index is 0.0102. The molecule has 30 heteroatoms. The summed E-state index contributed by atoms with van der Waals surface area (Å²) < 4.78 is 21.6. The summed E-state index contributed by atoms with van der Waals surface area (Å²) in [6, 6.07) is 11.2. The summed E-state index contributed by atoms with van der Waals surface area (Å²) in [7, 11) is 5.32. The molecule has 88 heavy (non-hydrogen) atoms. The number of hydrogen-bond donors (Lipinski definition) is 16. The van der Waals surface area contributed by atoms with E-state index in [0.29, 0.717) is 25.8 Å². The van der Waals surface area contributed by atoms with Crippen molar-refractivity contribution < 1.29 is 62.1 Å². The van der Waals surface area contributed by atoms with Crippen LogP contribution in [0.3, 0.4) is 0 Å². The lowest BCUT2D eigenvalue weighted by Crippen LogP contribution is -2.52. The molecule has 30 nitrogen and oxygen atoms in total. The second kappa shape index (κ2) is 36.4. The number of rotatable bonds is 37. The Morgan fingerprint density at radius 3 is 1.02 bits per heavy atom. The molecule has 5 atom stereocenters. The molecule has 4 aromatic carbocycles. The number of anilines is 4. The third-order valence-electron chi connectivity index (χ3n) is 13.5. The molecule has 9 amide bonds.